The first-order valence-electron chi connectivity index (χ1n) is 6.37. The molecule has 0 bridgehead atoms. The van der Waals surface area contributed by atoms with Gasteiger partial charge in [0.2, 0.25) is 0 Å². The highest BCUT2D eigenvalue weighted by molar-refractivity contribution is 5.75. The van der Waals surface area contributed by atoms with Gasteiger partial charge in [0, 0.05) is 6.04 Å². The quantitative estimate of drug-likeness (QED) is 0.860. The van der Waals surface area contributed by atoms with Crippen LogP contribution in [-0.4, -0.2) is 22.2 Å². The first kappa shape index (κ1) is 12.9. The Balaban J connectivity index is 1.92. The monoisotopic (exact) mass is 252 g/mol. The zero-order valence-corrected chi connectivity index (χ0v) is 11.1. The van der Waals surface area contributed by atoms with Crippen LogP contribution in [0.15, 0.2) is 4.52 Å². The highest BCUT2D eigenvalue weighted by atomic mass is 16.5. The van der Waals surface area contributed by atoms with Gasteiger partial charge in [0.1, 0.15) is 5.54 Å². The van der Waals surface area contributed by atoms with Crippen molar-refractivity contribution in [2.45, 2.75) is 58.0 Å². The summed E-state index contributed by atoms with van der Waals surface area (Å²) in [7, 11) is 0. The minimum atomic E-state index is -0.663. The molecule has 1 aliphatic carbocycles. The normalized spacial score (nSPS) is 16.8. The Labute approximate surface area is 107 Å². The van der Waals surface area contributed by atoms with E-state index >= 15 is 0 Å². The molecule has 6 nitrogen and oxygen atoms in total. The van der Waals surface area contributed by atoms with Crippen molar-refractivity contribution in [3.05, 3.63) is 11.7 Å². The lowest BCUT2D eigenvalue weighted by Gasteiger charge is -2.23. The van der Waals surface area contributed by atoms with Gasteiger partial charge in [-0.1, -0.05) is 18.0 Å². The van der Waals surface area contributed by atoms with Crippen molar-refractivity contribution in [2.75, 3.05) is 0 Å². The average Bonchev–Trinajstić information content (AvgIpc) is 2.88. The highest BCUT2D eigenvalue weighted by Crippen LogP contribution is 2.19. The van der Waals surface area contributed by atoms with Crippen molar-refractivity contribution < 1.29 is 9.32 Å². The van der Waals surface area contributed by atoms with Gasteiger partial charge < -0.3 is 15.2 Å². The lowest BCUT2D eigenvalue weighted by Crippen LogP contribution is -2.49. The number of amides is 2. The van der Waals surface area contributed by atoms with Crippen LogP contribution in [0.4, 0.5) is 4.79 Å². The molecule has 1 aliphatic rings. The summed E-state index contributed by atoms with van der Waals surface area (Å²) in [4.78, 5) is 16.0. The molecule has 1 saturated carbocycles. The van der Waals surface area contributed by atoms with Crippen LogP contribution in [0, 0.1) is 6.92 Å². The Morgan fingerprint density at radius 3 is 2.61 bits per heavy atom. The summed E-state index contributed by atoms with van der Waals surface area (Å²) in [6.45, 7) is 5.43. The summed E-state index contributed by atoms with van der Waals surface area (Å²) in [6, 6.07) is 0.118. The van der Waals surface area contributed by atoms with Crippen molar-refractivity contribution in [2.24, 2.45) is 0 Å². The van der Waals surface area contributed by atoms with Gasteiger partial charge in [-0.15, -0.1) is 0 Å². The Kier molecular flexibility index (Phi) is 3.54. The maximum atomic E-state index is 11.9. The molecule has 0 aromatic carbocycles. The summed E-state index contributed by atoms with van der Waals surface area (Å²) in [5, 5.41) is 9.57. The average molecular weight is 252 g/mol. The Bertz CT molecular complexity index is 421. The molecule has 0 atom stereocenters. The van der Waals surface area contributed by atoms with E-state index in [1.807, 2.05) is 13.8 Å². The fraction of sp³-hybridized carbons (Fsp3) is 0.750. The molecule has 0 radical (unpaired) electrons. The van der Waals surface area contributed by atoms with Crippen LogP contribution >= 0.6 is 0 Å². The maximum absolute atomic E-state index is 11.9. The Hall–Kier alpha value is -1.59. The third-order valence-corrected chi connectivity index (χ3v) is 3.18. The molecule has 1 fully saturated rings. The smallest absolute Gasteiger partial charge is 0.315 e. The lowest BCUT2D eigenvalue weighted by molar-refractivity contribution is 0.214. The topological polar surface area (TPSA) is 80.0 Å². The van der Waals surface area contributed by atoms with Gasteiger partial charge in [0.25, 0.3) is 5.89 Å². The molecule has 100 valence electrons. The standard InChI is InChI=1S/C12H20N4O2/c1-8-13-10(18-16-8)12(2,3)15-11(17)14-9-6-4-5-7-9/h9H,4-7H2,1-3H3,(H2,14,15,17). The van der Waals surface area contributed by atoms with Crippen molar-refractivity contribution in [3.63, 3.8) is 0 Å². The Morgan fingerprint density at radius 2 is 2.06 bits per heavy atom. The predicted octanol–water partition coefficient (Wildman–Crippen LogP) is 1.85. The second-order valence-electron chi connectivity index (χ2n) is 5.35. The number of hydrogen-bond acceptors (Lipinski definition) is 4. The number of aryl methyl sites for hydroxylation is 1. The van der Waals surface area contributed by atoms with Crippen molar-refractivity contribution in [1.29, 1.82) is 0 Å². The number of nitrogens with zero attached hydrogens (tertiary/aromatic N) is 2. The molecule has 18 heavy (non-hydrogen) atoms. The van der Waals surface area contributed by atoms with E-state index in [1.54, 1.807) is 6.92 Å². The van der Waals surface area contributed by atoms with E-state index < -0.39 is 5.54 Å². The molecule has 2 amide bonds. The fourth-order valence-electron chi connectivity index (χ4n) is 2.18. The Morgan fingerprint density at radius 1 is 1.39 bits per heavy atom. The van der Waals surface area contributed by atoms with E-state index in [-0.39, 0.29) is 6.03 Å². The van der Waals surface area contributed by atoms with Crippen LogP contribution in [-0.2, 0) is 5.54 Å². The molecular formula is C12H20N4O2. The van der Waals surface area contributed by atoms with Gasteiger partial charge in [-0.2, -0.15) is 4.98 Å². The van der Waals surface area contributed by atoms with Crippen molar-refractivity contribution in [1.82, 2.24) is 20.8 Å². The van der Waals surface area contributed by atoms with Crippen molar-refractivity contribution >= 4 is 6.03 Å². The van der Waals surface area contributed by atoms with E-state index in [1.165, 1.54) is 12.8 Å². The summed E-state index contributed by atoms with van der Waals surface area (Å²) in [5.41, 5.74) is -0.663. The summed E-state index contributed by atoms with van der Waals surface area (Å²) in [6.07, 6.45) is 4.51. The van der Waals surface area contributed by atoms with Crippen LogP contribution in [0.25, 0.3) is 0 Å². The molecule has 1 aromatic heterocycles. The molecule has 6 heteroatoms. The van der Waals surface area contributed by atoms with Crippen LogP contribution in [0.5, 0.6) is 0 Å². The fourth-order valence-corrected chi connectivity index (χ4v) is 2.18. The van der Waals surface area contributed by atoms with Crippen molar-refractivity contribution in [3.8, 4) is 0 Å². The number of rotatable bonds is 3. The van der Waals surface area contributed by atoms with Gasteiger partial charge in [-0.25, -0.2) is 4.79 Å². The number of nitrogens with one attached hydrogen (secondary N) is 2. The van der Waals surface area contributed by atoms with Gasteiger partial charge >= 0.3 is 6.03 Å². The maximum Gasteiger partial charge on any atom is 0.315 e. The number of urea groups is 1. The number of aromatic nitrogens is 2. The van der Waals surface area contributed by atoms with E-state index in [4.69, 9.17) is 4.52 Å². The zero-order valence-electron chi connectivity index (χ0n) is 11.1. The summed E-state index contributed by atoms with van der Waals surface area (Å²) in [5.74, 6) is 0.984. The van der Waals surface area contributed by atoms with E-state index in [2.05, 4.69) is 20.8 Å². The van der Waals surface area contributed by atoms with E-state index in [0.29, 0.717) is 17.8 Å². The molecule has 1 aromatic rings. The minimum absolute atomic E-state index is 0.178. The van der Waals surface area contributed by atoms with Crippen LogP contribution in [0.3, 0.4) is 0 Å². The highest BCUT2D eigenvalue weighted by Gasteiger charge is 2.30. The zero-order chi connectivity index (χ0) is 13.2. The summed E-state index contributed by atoms with van der Waals surface area (Å²) >= 11 is 0. The molecule has 1 heterocycles. The third kappa shape index (κ3) is 3.00. The van der Waals surface area contributed by atoms with Gasteiger partial charge in [0.05, 0.1) is 0 Å². The minimum Gasteiger partial charge on any atom is -0.337 e. The molecule has 0 aliphatic heterocycles. The summed E-state index contributed by atoms with van der Waals surface area (Å²) < 4.78 is 5.10. The van der Waals surface area contributed by atoms with Gasteiger partial charge in [0.15, 0.2) is 5.82 Å². The molecule has 2 rings (SSSR count). The molecule has 0 saturated heterocycles. The molecule has 0 unspecified atom stereocenters. The second kappa shape index (κ2) is 4.96. The van der Waals surface area contributed by atoms with Crippen LogP contribution in [0.1, 0.15) is 51.2 Å². The first-order valence-corrected chi connectivity index (χ1v) is 6.37. The molecule has 2 N–H and O–H groups in total. The number of carbonyl (C=O) groups is 1. The predicted molar refractivity (Wildman–Crippen MR) is 66.0 cm³/mol. The third-order valence-electron chi connectivity index (χ3n) is 3.18. The van der Waals surface area contributed by atoms with E-state index in [9.17, 15) is 4.79 Å². The molecule has 0 spiro atoms. The van der Waals surface area contributed by atoms with Gasteiger partial charge in [-0.3, -0.25) is 0 Å². The number of carbonyl (C=O) groups excluding carboxylic acids is 1. The SMILES string of the molecule is Cc1noc(C(C)(C)NC(=O)NC2CCCC2)n1. The van der Waals surface area contributed by atoms with Crippen LogP contribution in [0.2, 0.25) is 0 Å². The number of hydrogen-bond donors (Lipinski definition) is 2. The lowest BCUT2D eigenvalue weighted by atomic mass is 10.1. The van der Waals surface area contributed by atoms with E-state index in [0.717, 1.165) is 12.8 Å². The largest absolute Gasteiger partial charge is 0.337 e. The van der Waals surface area contributed by atoms with Crippen LogP contribution < -0.4 is 10.6 Å². The first-order chi connectivity index (χ1) is 8.47. The van der Waals surface area contributed by atoms with Gasteiger partial charge in [-0.05, 0) is 33.6 Å². The molecular weight excluding hydrogens is 232 g/mol. The second-order valence-corrected chi connectivity index (χ2v) is 5.35.